The van der Waals surface area contributed by atoms with E-state index in [1.807, 2.05) is 24.3 Å². The molecule has 1 N–H and O–H groups in total. The van der Waals surface area contributed by atoms with E-state index >= 15 is 0 Å². The molecular formula is C27H36O4. The predicted octanol–water partition coefficient (Wildman–Crippen LogP) is 6.58. The summed E-state index contributed by atoms with van der Waals surface area (Å²) < 4.78 is 10.9. The third-order valence-electron chi connectivity index (χ3n) is 6.69. The number of phenolic OH excluding ortho intramolecular Hbond substituents is 1. The zero-order valence-electron chi connectivity index (χ0n) is 19.2. The maximum absolute atomic E-state index is 12.1. The topological polar surface area (TPSA) is 59.1 Å². The minimum atomic E-state index is -0.102. The Bertz CT molecular complexity index is 827. The number of ether oxygens (including phenoxy) is 2. The van der Waals surface area contributed by atoms with E-state index < -0.39 is 0 Å². The third-order valence-corrected chi connectivity index (χ3v) is 6.69. The molecule has 5 atom stereocenters. The number of benzene rings is 2. The van der Waals surface area contributed by atoms with Gasteiger partial charge in [-0.3, -0.25) is 4.79 Å². The number of epoxide rings is 1. The lowest BCUT2D eigenvalue weighted by atomic mass is 9.89. The van der Waals surface area contributed by atoms with Crippen LogP contribution >= 0.6 is 0 Å². The second-order valence-corrected chi connectivity index (χ2v) is 8.92. The molecule has 1 saturated heterocycles. The van der Waals surface area contributed by atoms with E-state index in [2.05, 4.69) is 39.8 Å². The molecule has 2 fully saturated rings. The molecule has 0 spiro atoms. The molecule has 5 unspecified atom stereocenters. The quantitative estimate of drug-likeness (QED) is 0.323. The molecule has 31 heavy (non-hydrogen) atoms. The summed E-state index contributed by atoms with van der Waals surface area (Å²) >= 11 is 0. The van der Waals surface area contributed by atoms with Gasteiger partial charge < -0.3 is 14.6 Å². The maximum atomic E-state index is 12.1. The van der Waals surface area contributed by atoms with E-state index in [-0.39, 0.29) is 11.9 Å². The first kappa shape index (κ1) is 23.3. The standard InChI is InChI=1S/C17H22O3.C10H14O/c1-3-11(2)12-4-7-14(8-5-12)19-17(18)13-6-9-15-16(10-13)20-15;1-3-8(2)9-4-6-10(11)7-5-9/h4-5,7-8,11,13,15-16H,3,6,9-10H2,1-2H3;4-8,11H,3H2,1-2H3. The van der Waals surface area contributed by atoms with Crippen LogP contribution in [0.5, 0.6) is 11.5 Å². The second kappa shape index (κ2) is 10.8. The first-order valence-corrected chi connectivity index (χ1v) is 11.7. The molecular weight excluding hydrogens is 388 g/mol. The Balaban J connectivity index is 0.000000210. The fourth-order valence-corrected chi connectivity index (χ4v) is 3.96. The number of rotatable bonds is 6. The van der Waals surface area contributed by atoms with Crippen LogP contribution in [0.1, 0.15) is 82.8 Å². The number of carbonyl (C=O) groups is 1. The number of fused-ring (bicyclic) bond motifs is 1. The van der Waals surface area contributed by atoms with Gasteiger partial charge in [0.05, 0.1) is 18.1 Å². The maximum Gasteiger partial charge on any atom is 0.314 e. The zero-order chi connectivity index (χ0) is 22.4. The van der Waals surface area contributed by atoms with Crippen molar-refractivity contribution in [1.29, 1.82) is 0 Å². The van der Waals surface area contributed by atoms with Gasteiger partial charge in [-0.05, 0) is 79.3 Å². The predicted molar refractivity (Wildman–Crippen MR) is 124 cm³/mol. The Kier molecular flexibility index (Phi) is 8.14. The Hall–Kier alpha value is -2.33. The van der Waals surface area contributed by atoms with Crippen molar-refractivity contribution in [2.75, 3.05) is 0 Å². The van der Waals surface area contributed by atoms with Crippen molar-refractivity contribution in [2.24, 2.45) is 5.92 Å². The summed E-state index contributed by atoms with van der Waals surface area (Å²) in [5.74, 6) is 2.04. The Morgan fingerprint density at radius 3 is 2.00 bits per heavy atom. The van der Waals surface area contributed by atoms with Crippen LogP contribution in [-0.2, 0) is 9.53 Å². The van der Waals surface area contributed by atoms with Crippen molar-refractivity contribution in [1.82, 2.24) is 0 Å². The Morgan fingerprint density at radius 1 is 0.935 bits per heavy atom. The van der Waals surface area contributed by atoms with Crippen LogP contribution in [-0.4, -0.2) is 23.3 Å². The summed E-state index contributed by atoms with van der Waals surface area (Å²) in [6.07, 6.45) is 5.72. The molecule has 4 rings (SSSR count). The molecule has 2 aliphatic rings. The molecule has 1 aliphatic heterocycles. The van der Waals surface area contributed by atoms with E-state index in [9.17, 15) is 4.79 Å². The highest BCUT2D eigenvalue weighted by atomic mass is 16.6. The first-order chi connectivity index (χ1) is 14.9. The fourth-order valence-electron chi connectivity index (χ4n) is 3.96. The lowest BCUT2D eigenvalue weighted by molar-refractivity contribution is -0.139. The zero-order valence-corrected chi connectivity index (χ0v) is 19.2. The Labute approximate surface area is 186 Å². The molecule has 4 heteroatoms. The van der Waals surface area contributed by atoms with Crippen molar-refractivity contribution in [3.63, 3.8) is 0 Å². The van der Waals surface area contributed by atoms with Crippen molar-refractivity contribution in [2.45, 2.75) is 83.8 Å². The van der Waals surface area contributed by atoms with Crippen LogP contribution in [0.4, 0.5) is 0 Å². The van der Waals surface area contributed by atoms with E-state index in [1.165, 1.54) is 11.1 Å². The first-order valence-electron chi connectivity index (χ1n) is 11.7. The van der Waals surface area contributed by atoms with Crippen LogP contribution in [0.2, 0.25) is 0 Å². The molecule has 168 valence electrons. The average molecular weight is 425 g/mol. The van der Waals surface area contributed by atoms with Gasteiger partial charge in [0.1, 0.15) is 11.5 Å². The summed E-state index contributed by atoms with van der Waals surface area (Å²) in [5.41, 5.74) is 2.59. The molecule has 0 amide bonds. The number of aromatic hydroxyl groups is 1. The monoisotopic (exact) mass is 424 g/mol. The van der Waals surface area contributed by atoms with Gasteiger partial charge in [-0.1, -0.05) is 52.0 Å². The van der Waals surface area contributed by atoms with Crippen molar-refractivity contribution in [3.8, 4) is 11.5 Å². The van der Waals surface area contributed by atoms with Crippen molar-refractivity contribution >= 4 is 5.97 Å². The number of hydrogen-bond donors (Lipinski definition) is 1. The third kappa shape index (κ3) is 6.57. The van der Waals surface area contributed by atoms with E-state index in [1.54, 1.807) is 12.1 Å². The van der Waals surface area contributed by atoms with E-state index in [0.29, 0.717) is 35.5 Å². The fraction of sp³-hybridized carbons (Fsp3) is 0.519. The summed E-state index contributed by atoms with van der Waals surface area (Å²) in [6.45, 7) is 8.73. The number of hydrogen-bond acceptors (Lipinski definition) is 4. The van der Waals surface area contributed by atoms with Gasteiger partial charge >= 0.3 is 5.97 Å². The van der Waals surface area contributed by atoms with Crippen molar-refractivity contribution < 1.29 is 19.4 Å². The van der Waals surface area contributed by atoms with Crippen LogP contribution in [0.15, 0.2) is 48.5 Å². The van der Waals surface area contributed by atoms with Crippen LogP contribution in [0.25, 0.3) is 0 Å². The molecule has 1 saturated carbocycles. The molecule has 1 aliphatic carbocycles. The SMILES string of the molecule is CCC(C)c1ccc(O)cc1.CCC(C)c1ccc(OC(=O)C2CCC3OC3C2)cc1. The summed E-state index contributed by atoms with van der Waals surface area (Å²) in [5, 5.41) is 9.01. The molecule has 0 bridgehead atoms. The summed E-state index contributed by atoms with van der Waals surface area (Å²) in [6, 6.07) is 15.3. The highest BCUT2D eigenvalue weighted by molar-refractivity contribution is 5.75. The molecule has 1 heterocycles. The van der Waals surface area contributed by atoms with Gasteiger partial charge in [0, 0.05) is 0 Å². The normalized spacial score (nSPS) is 23.5. The minimum absolute atomic E-state index is 0.00740. The molecule has 0 radical (unpaired) electrons. The lowest BCUT2D eigenvalue weighted by Gasteiger charge is -2.17. The number of carbonyl (C=O) groups excluding carboxylic acids is 1. The molecule has 2 aromatic carbocycles. The second-order valence-electron chi connectivity index (χ2n) is 8.92. The van der Waals surface area contributed by atoms with Crippen LogP contribution < -0.4 is 4.74 Å². The summed E-state index contributed by atoms with van der Waals surface area (Å²) in [4.78, 5) is 12.1. The van der Waals surface area contributed by atoms with Crippen LogP contribution in [0.3, 0.4) is 0 Å². The van der Waals surface area contributed by atoms with Gasteiger partial charge in [0.15, 0.2) is 0 Å². The highest BCUT2D eigenvalue weighted by Crippen LogP contribution is 2.40. The van der Waals surface area contributed by atoms with Crippen LogP contribution in [0, 0.1) is 5.92 Å². The lowest BCUT2D eigenvalue weighted by Crippen LogP contribution is -2.25. The van der Waals surface area contributed by atoms with E-state index in [4.69, 9.17) is 14.6 Å². The van der Waals surface area contributed by atoms with E-state index in [0.717, 1.165) is 32.1 Å². The van der Waals surface area contributed by atoms with Crippen molar-refractivity contribution in [3.05, 3.63) is 59.7 Å². The summed E-state index contributed by atoms with van der Waals surface area (Å²) in [7, 11) is 0. The largest absolute Gasteiger partial charge is 0.508 e. The molecule has 2 aromatic rings. The van der Waals surface area contributed by atoms with Gasteiger partial charge in [-0.15, -0.1) is 0 Å². The highest BCUT2D eigenvalue weighted by Gasteiger charge is 2.46. The van der Waals surface area contributed by atoms with Gasteiger partial charge in [0.25, 0.3) is 0 Å². The molecule has 0 aromatic heterocycles. The number of phenols is 1. The van der Waals surface area contributed by atoms with Gasteiger partial charge in [0.2, 0.25) is 0 Å². The minimum Gasteiger partial charge on any atom is -0.508 e. The molecule has 4 nitrogen and oxygen atoms in total. The smallest absolute Gasteiger partial charge is 0.314 e. The number of esters is 1. The Morgan fingerprint density at radius 2 is 1.48 bits per heavy atom. The van der Waals surface area contributed by atoms with Gasteiger partial charge in [-0.25, -0.2) is 0 Å². The average Bonchev–Trinajstić information content (AvgIpc) is 3.58. The van der Waals surface area contributed by atoms with Gasteiger partial charge in [-0.2, -0.15) is 0 Å².